The molecule has 0 unspecified atom stereocenters. The number of rotatable bonds is 2. The Morgan fingerprint density at radius 2 is 1.77 bits per heavy atom. The molecule has 134 valence electrons. The fourth-order valence-electron chi connectivity index (χ4n) is 2.70. The standard InChI is InChI=1S/C18H16N2O5S/c1-18(2,3)17-19-16(20-25-17)10-4-6-12-13-9-11(26(21,22)23)5-7-14(13)24-15(12)8-10/h4-9H,1-3H3,(H,21,22,23). The topological polar surface area (TPSA) is 106 Å². The van der Waals surface area contributed by atoms with Crippen LogP contribution in [0.2, 0.25) is 0 Å². The van der Waals surface area contributed by atoms with Crippen LogP contribution < -0.4 is 0 Å². The van der Waals surface area contributed by atoms with Gasteiger partial charge in [0.1, 0.15) is 11.2 Å². The van der Waals surface area contributed by atoms with Crippen molar-refractivity contribution in [3.8, 4) is 11.4 Å². The van der Waals surface area contributed by atoms with Crippen LogP contribution in [0.1, 0.15) is 26.7 Å². The zero-order valence-electron chi connectivity index (χ0n) is 14.3. The lowest BCUT2D eigenvalue weighted by Gasteiger charge is -2.10. The third-order valence-corrected chi connectivity index (χ3v) is 4.92. The highest BCUT2D eigenvalue weighted by atomic mass is 32.2. The molecule has 2 aromatic heterocycles. The lowest BCUT2D eigenvalue weighted by atomic mass is 9.97. The lowest BCUT2D eigenvalue weighted by Crippen LogP contribution is -2.11. The van der Waals surface area contributed by atoms with Gasteiger partial charge in [-0.05, 0) is 30.3 Å². The normalized spacial score (nSPS) is 12.9. The summed E-state index contributed by atoms with van der Waals surface area (Å²) in [6.45, 7) is 5.96. The first-order valence-corrected chi connectivity index (χ1v) is 9.35. The van der Waals surface area contributed by atoms with Gasteiger partial charge < -0.3 is 8.94 Å². The molecular weight excluding hydrogens is 356 g/mol. The van der Waals surface area contributed by atoms with Crippen LogP contribution in [0.3, 0.4) is 0 Å². The number of aromatic nitrogens is 2. The first-order valence-electron chi connectivity index (χ1n) is 7.91. The SMILES string of the molecule is CC(C)(C)c1nc(-c2ccc3c(c2)oc2ccc(S(=O)(=O)O)cc23)no1. The van der Waals surface area contributed by atoms with Crippen molar-refractivity contribution in [3.05, 3.63) is 42.3 Å². The van der Waals surface area contributed by atoms with Gasteiger partial charge in [-0.1, -0.05) is 32.0 Å². The Kier molecular flexibility index (Phi) is 3.47. The summed E-state index contributed by atoms with van der Waals surface area (Å²) in [7, 11) is -4.28. The van der Waals surface area contributed by atoms with Crippen molar-refractivity contribution in [1.29, 1.82) is 0 Å². The highest BCUT2D eigenvalue weighted by molar-refractivity contribution is 7.85. The van der Waals surface area contributed by atoms with E-state index in [1.165, 1.54) is 18.2 Å². The second-order valence-electron chi connectivity index (χ2n) is 7.12. The summed E-state index contributed by atoms with van der Waals surface area (Å²) in [5.41, 5.74) is 1.56. The smallest absolute Gasteiger partial charge is 0.294 e. The van der Waals surface area contributed by atoms with Gasteiger partial charge in [-0.2, -0.15) is 13.4 Å². The average molecular weight is 372 g/mol. The van der Waals surface area contributed by atoms with Crippen LogP contribution in [0.4, 0.5) is 0 Å². The minimum absolute atomic E-state index is 0.176. The maximum atomic E-state index is 11.4. The van der Waals surface area contributed by atoms with Crippen LogP contribution in [-0.2, 0) is 15.5 Å². The van der Waals surface area contributed by atoms with Crippen LogP contribution in [0.15, 0.2) is 50.2 Å². The number of nitrogens with zero attached hydrogens (tertiary/aromatic N) is 2. The number of hydrogen-bond donors (Lipinski definition) is 1. The Hall–Kier alpha value is -2.71. The molecule has 0 amide bonds. The van der Waals surface area contributed by atoms with Gasteiger partial charge in [-0.15, -0.1) is 0 Å². The average Bonchev–Trinajstić information content (AvgIpc) is 3.17. The fourth-order valence-corrected chi connectivity index (χ4v) is 3.21. The van der Waals surface area contributed by atoms with E-state index < -0.39 is 10.1 Å². The summed E-state index contributed by atoms with van der Waals surface area (Å²) in [6, 6.07) is 9.61. The molecule has 0 aliphatic rings. The molecule has 2 aromatic carbocycles. The Morgan fingerprint density at radius 1 is 1.00 bits per heavy atom. The van der Waals surface area contributed by atoms with Gasteiger partial charge in [0.15, 0.2) is 0 Å². The number of furan rings is 1. The molecule has 26 heavy (non-hydrogen) atoms. The summed E-state index contributed by atoms with van der Waals surface area (Å²) < 4.78 is 43.1. The molecule has 4 rings (SSSR count). The van der Waals surface area contributed by atoms with Gasteiger partial charge >= 0.3 is 0 Å². The molecule has 0 aliphatic heterocycles. The van der Waals surface area contributed by atoms with Crippen molar-refractivity contribution in [3.63, 3.8) is 0 Å². The van der Waals surface area contributed by atoms with E-state index >= 15 is 0 Å². The summed E-state index contributed by atoms with van der Waals surface area (Å²) in [5.74, 6) is 0.992. The Bertz CT molecular complexity index is 1250. The van der Waals surface area contributed by atoms with Gasteiger partial charge in [0.2, 0.25) is 11.7 Å². The predicted molar refractivity (Wildman–Crippen MR) is 95.5 cm³/mol. The van der Waals surface area contributed by atoms with Crippen LogP contribution in [-0.4, -0.2) is 23.1 Å². The van der Waals surface area contributed by atoms with Crippen molar-refractivity contribution in [1.82, 2.24) is 10.1 Å². The maximum Gasteiger partial charge on any atom is 0.294 e. The molecule has 8 heteroatoms. The summed E-state index contributed by atoms with van der Waals surface area (Å²) in [4.78, 5) is 4.25. The monoisotopic (exact) mass is 372 g/mol. The lowest BCUT2D eigenvalue weighted by molar-refractivity contribution is 0.321. The van der Waals surface area contributed by atoms with Gasteiger partial charge in [0.25, 0.3) is 10.1 Å². The summed E-state index contributed by atoms with van der Waals surface area (Å²) in [6.07, 6.45) is 0. The zero-order chi connectivity index (χ0) is 18.7. The minimum atomic E-state index is -4.28. The van der Waals surface area contributed by atoms with Crippen LogP contribution in [0, 0.1) is 0 Å². The number of hydrogen-bond acceptors (Lipinski definition) is 6. The maximum absolute atomic E-state index is 11.4. The van der Waals surface area contributed by atoms with E-state index in [2.05, 4.69) is 10.1 Å². The molecule has 0 spiro atoms. The van der Waals surface area contributed by atoms with Crippen molar-refractivity contribution in [2.75, 3.05) is 0 Å². The molecular formula is C18H16N2O5S. The van der Waals surface area contributed by atoms with Gasteiger partial charge in [-0.3, -0.25) is 4.55 Å². The number of benzene rings is 2. The second kappa shape index (κ2) is 5.39. The highest BCUT2D eigenvalue weighted by Crippen LogP contribution is 2.33. The molecule has 0 atom stereocenters. The predicted octanol–water partition coefficient (Wildman–Crippen LogP) is 4.18. The molecule has 7 nitrogen and oxygen atoms in total. The van der Waals surface area contributed by atoms with Crippen LogP contribution in [0.5, 0.6) is 0 Å². The van der Waals surface area contributed by atoms with Gasteiger partial charge in [-0.25, -0.2) is 0 Å². The second-order valence-corrected chi connectivity index (χ2v) is 8.54. The summed E-state index contributed by atoms with van der Waals surface area (Å²) >= 11 is 0. The van der Waals surface area contributed by atoms with Crippen molar-refractivity contribution in [2.24, 2.45) is 0 Å². The Labute approximate surface area is 149 Å². The van der Waals surface area contributed by atoms with E-state index in [9.17, 15) is 13.0 Å². The summed E-state index contributed by atoms with van der Waals surface area (Å²) in [5, 5.41) is 5.35. The van der Waals surface area contributed by atoms with E-state index in [4.69, 9.17) is 8.94 Å². The molecule has 0 aliphatic carbocycles. The number of fused-ring (bicyclic) bond motifs is 3. The first-order chi connectivity index (χ1) is 12.1. The highest BCUT2D eigenvalue weighted by Gasteiger charge is 2.22. The van der Waals surface area contributed by atoms with Gasteiger partial charge in [0.05, 0.1) is 4.90 Å². The van der Waals surface area contributed by atoms with E-state index in [-0.39, 0.29) is 10.3 Å². The van der Waals surface area contributed by atoms with Gasteiger partial charge in [0, 0.05) is 21.8 Å². The fraction of sp³-hybridized carbons (Fsp3) is 0.222. The quantitative estimate of drug-likeness (QED) is 0.526. The van der Waals surface area contributed by atoms with Crippen LogP contribution in [0.25, 0.3) is 33.3 Å². The molecule has 0 fully saturated rings. The molecule has 0 radical (unpaired) electrons. The van der Waals surface area contributed by atoms with E-state index in [0.717, 1.165) is 10.9 Å². The Morgan fingerprint density at radius 3 is 2.42 bits per heavy atom. The minimum Gasteiger partial charge on any atom is -0.456 e. The molecule has 4 aromatic rings. The largest absolute Gasteiger partial charge is 0.456 e. The van der Waals surface area contributed by atoms with E-state index in [1.54, 1.807) is 12.1 Å². The van der Waals surface area contributed by atoms with Crippen molar-refractivity contribution >= 4 is 32.1 Å². The van der Waals surface area contributed by atoms with E-state index in [1.807, 2.05) is 26.8 Å². The van der Waals surface area contributed by atoms with Crippen molar-refractivity contribution < 1.29 is 21.9 Å². The molecule has 1 N–H and O–H groups in total. The van der Waals surface area contributed by atoms with Crippen molar-refractivity contribution in [2.45, 2.75) is 31.1 Å². The third kappa shape index (κ3) is 2.77. The molecule has 0 bridgehead atoms. The molecule has 0 saturated carbocycles. The first kappa shape index (κ1) is 16.7. The molecule has 2 heterocycles. The van der Waals surface area contributed by atoms with E-state index in [0.29, 0.717) is 28.3 Å². The Balaban J connectivity index is 1.85. The zero-order valence-corrected chi connectivity index (χ0v) is 15.2. The van der Waals surface area contributed by atoms with Crippen LogP contribution >= 0.6 is 0 Å². The molecule has 0 saturated heterocycles. The third-order valence-electron chi connectivity index (χ3n) is 4.07.